The van der Waals surface area contributed by atoms with E-state index in [0.29, 0.717) is 31.7 Å². The van der Waals surface area contributed by atoms with Gasteiger partial charge in [0.05, 0.1) is 12.3 Å². The number of nitrogens with zero attached hydrogens (tertiary/aromatic N) is 1. The van der Waals surface area contributed by atoms with Gasteiger partial charge in [-0.25, -0.2) is 9.78 Å². The standard InChI is InChI=1S/C25H22ClN3O3S2/c1-2-32-25(31)19-17(13-7-9-15(26)10-8-13)12-33-24(19)29-22(30)21-20(27)16-11-14-5-3-4-6-18(14)28-23(16)34-21/h7-12H,2-6,27H2,1H3,(H,29,30). The van der Waals surface area contributed by atoms with E-state index in [9.17, 15) is 9.59 Å². The number of thiophene rings is 2. The third kappa shape index (κ3) is 4.17. The Balaban J connectivity index is 1.51. The van der Waals surface area contributed by atoms with Gasteiger partial charge in [0.25, 0.3) is 5.91 Å². The Bertz CT molecular complexity index is 1410. The number of nitrogens with one attached hydrogen (secondary N) is 1. The van der Waals surface area contributed by atoms with Crippen molar-refractivity contribution in [3.63, 3.8) is 0 Å². The highest BCUT2D eigenvalue weighted by Gasteiger charge is 2.26. The summed E-state index contributed by atoms with van der Waals surface area (Å²) in [5.41, 5.74) is 10.9. The first-order chi connectivity index (χ1) is 16.5. The summed E-state index contributed by atoms with van der Waals surface area (Å²) in [7, 11) is 0. The van der Waals surface area contributed by atoms with Crippen molar-refractivity contribution in [2.24, 2.45) is 0 Å². The van der Waals surface area contributed by atoms with Crippen molar-refractivity contribution in [1.29, 1.82) is 0 Å². The second-order valence-electron chi connectivity index (χ2n) is 8.03. The fraction of sp³-hybridized carbons (Fsp3) is 0.240. The van der Waals surface area contributed by atoms with Crippen molar-refractivity contribution < 1.29 is 14.3 Å². The van der Waals surface area contributed by atoms with Crippen LogP contribution in [0.25, 0.3) is 21.3 Å². The number of fused-ring (bicyclic) bond motifs is 2. The van der Waals surface area contributed by atoms with Crippen LogP contribution >= 0.6 is 34.3 Å². The van der Waals surface area contributed by atoms with E-state index < -0.39 is 5.97 Å². The third-order valence-electron chi connectivity index (χ3n) is 5.86. The molecule has 0 unspecified atom stereocenters. The van der Waals surface area contributed by atoms with Crippen molar-refractivity contribution in [3.8, 4) is 11.1 Å². The molecule has 5 rings (SSSR count). The minimum absolute atomic E-state index is 0.224. The highest BCUT2D eigenvalue weighted by atomic mass is 35.5. The van der Waals surface area contributed by atoms with Gasteiger partial charge in [-0.15, -0.1) is 22.7 Å². The van der Waals surface area contributed by atoms with Crippen LogP contribution in [0.15, 0.2) is 35.7 Å². The Labute approximate surface area is 209 Å². The molecule has 1 amide bonds. The number of anilines is 2. The van der Waals surface area contributed by atoms with Crippen LogP contribution in [0.5, 0.6) is 0 Å². The molecule has 0 aliphatic heterocycles. The second kappa shape index (κ2) is 9.37. The highest BCUT2D eigenvalue weighted by Crippen LogP contribution is 2.39. The second-order valence-corrected chi connectivity index (χ2v) is 10.3. The maximum absolute atomic E-state index is 13.3. The number of carbonyl (C=O) groups excluding carboxylic acids is 2. The van der Waals surface area contributed by atoms with Gasteiger partial charge in [-0.2, -0.15) is 0 Å². The Morgan fingerprint density at radius 2 is 1.97 bits per heavy atom. The van der Waals surface area contributed by atoms with Crippen LogP contribution in [0.1, 0.15) is 51.1 Å². The number of carbonyl (C=O) groups is 2. The number of esters is 1. The van der Waals surface area contributed by atoms with Crippen molar-refractivity contribution in [1.82, 2.24) is 4.98 Å². The number of halogens is 1. The van der Waals surface area contributed by atoms with Crippen LogP contribution in [0.4, 0.5) is 10.7 Å². The van der Waals surface area contributed by atoms with E-state index in [2.05, 4.69) is 11.4 Å². The first-order valence-electron chi connectivity index (χ1n) is 11.0. The van der Waals surface area contributed by atoms with Crippen molar-refractivity contribution >= 4 is 67.1 Å². The third-order valence-corrected chi connectivity index (χ3v) is 8.12. The number of aryl methyl sites for hydroxylation is 2. The molecule has 0 fully saturated rings. The average molecular weight is 512 g/mol. The molecule has 174 valence electrons. The van der Waals surface area contributed by atoms with E-state index in [1.54, 1.807) is 19.1 Å². The summed E-state index contributed by atoms with van der Waals surface area (Å²) in [5, 5.41) is 6.55. The summed E-state index contributed by atoms with van der Waals surface area (Å²) in [4.78, 5) is 32.1. The summed E-state index contributed by atoms with van der Waals surface area (Å²) in [6.45, 7) is 1.97. The Morgan fingerprint density at radius 1 is 1.21 bits per heavy atom. The molecular formula is C25H22ClN3O3S2. The predicted molar refractivity (Wildman–Crippen MR) is 139 cm³/mol. The molecule has 0 atom stereocenters. The summed E-state index contributed by atoms with van der Waals surface area (Å²) in [6.07, 6.45) is 4.21. The van der Waals surface area contributed by atoms with E-state index in [1.807, 2.05) is 17.5 Å². The predicted octanol–water partition coefficient (Wildman–Crippen LogP) is 6.57. The van der Waals surface area contributed by atoms with Crippen molar-refractivity contribution in [2.75, 3.05) is 17.7 Å². The molecule has 1 aliphatic rings. The van der Waals surface area contributed by atoms with Gasteiger partial charge >= 0.3 is 5.97 Å². The van der Waals surface area contributed by atoms with Gasteiger partial charge in [0.15, 0.2) is 0 Å². The number of pyridine rings is 1. The summed E-state index contributed by atoms with van der Waals surface area (Å²) in [6, 6.07) is 9.25. The Morgan fingerprint density at radius 3 is 2.74 bits per heavy atom. The number of nitrogens with two attached hydrogens (primary N) is 1. The monoisotopic (exact) mass is 511 g/mol. The quantitative estimate of drug-likeness (QED) is 0.295. The zero-order valence-electron chi connectivity index (χ0n) is 18.4. The maximum atomic E-state index is 13.3. The number of aromatic nitrogens is 1. The molecule has 1 aromatic carbocycles. The van der Waals surface area contributed by atoms with Crippen molar-refractivity contribution in [3.05, 3.63) is 62.4 Å². The fourth-order valence-electron chi connectivity index (χ4n) is 4.19. The van der Waals surface area contributed by atoms with Crippen LogP contribution in [0.3, 0.4) is 0 Å². The molecule has 0 spiro atoms. The number of hydrogen-bond donors (Lipinski definition) is 2. The number of ether oxygens (including phenoxy) is 1. The van der Waals surface area contributed by atoms with Gasteiger partial charge in [0, 0.05) is 27.0 Å². The average Bonchev–Trinajstić information content (AvgIpc) is 3.39. The number of hydrogen-bond acceptors (Lipinski definition) is 7. The lowest BCUT2D eigenvalue weighted by Gasteiger charge is -2.14. The van der Waals surface area contributed by atoms with E-state index in [1.165, 1.54) is 28.2 Å². The maximum Gasteiger partial charge on any atom is 0.341 e. The van der Waals surface area contributed by atoms with Crippen LogP contribution in [-0.4, -0.2) is 23.5 Å². The van der Waals surface area contributed by atoms with Crippen LogP contribution in [-0.2, 0) is 17.6 Å². The molecule has 0 saturated carbocycles. The van der Waals surface area contributed by atoms with E-state index in [0.717, 1.165) is 47.2 Å². The minimum Gasteiger partial charge on any atom is -0.462 e. The molecule has 4 aromatic rings. The zero-order chi connectivity index (χ0) is 23.8. The van der Waals surface area contributed by atoms with Crippen LogP contribution in [0.2, 0.25) is 5.02 Å². The largest absolute Gasteiger partial charge is 0.462 e. The van der Waals surface area contributed by atoms with Gasteiger partial charge in [-0.1, -0.05) is 23.7 Å². The number of benzene rings is 1. The SMILES string of the molecule is CCOC(=O)c1c(-c2ccc(Cl)cc2)csc1NC(=O)c1sc2nc3c(cc2c1N)CCCC3. The number of nitrogen functional groups attached to an aromatic ring is 1. The molecule has 6 nitrogen and oxygen atoms in total. The Hall–Kier alpha value is -2.94. The molecule has 0 radical (unpaired) electrons. The van der Waals surface area contributed by atoms with Gasteiger partial charge in [-0.3, -0.25) is 4.79 Å². The molecule has 3 aromatic heterocycles. The molecule has 34 heavy (non-hydrogen) atoms. The zero-order valence-corrected chi connectivity index (χ0v) is 20.8. The number of rotatable bonds is 5. The molecule has 1 aliphatic carbocycles. The van der Waals surface area contributed by atoms with Gasteiger partial charge < -0.3 is 15.8 Å². The topological polar surface area (TPSA) is 94.3 Å². The lowest BCUT2D eigenvalue weighted by Crippen LogP contribution is -2.14. The van der Waals surface area contributed by atoms with Gasteiger partial charge in [0.2, 0.25) is 0 Å². The van der Waals surface area contributed by atoms with E-state index in [-0.39, 0.29) is 12.5 Å². The first-order valence-corrected chi connectivity index (χ1v) is 13.1. The molecule has 3 heterocycles. The van der Waals surface area contributed by atoms with Crippen LogP contribution < -0.4 is 11.1 Å². The summed E-state index contributed by atoms with van der Waals surface area (Å²) < 4.78 is 5.29. The smallest absolute Gasteiger partial charge is 0.341 e. The molecule has 9 heteroatoms. The Kier molecular flexibility index (Phi) is 6.29. The molecule has 0 bridgehead atoms. The number of amides is 1. The lowest BCUT2D eigenvalue weighted by molar-refractivity contribution is 0.0529. The van der Waals surface area contributed by atoms with Gasteiger partial charge in [0.1, 0.15) is 20.3 Å². The van der Waals surface area contributed by atoms with Crippen molar-refractivity contribution in [2.45, 2.75) is 32.6 Å². The normalized spacial score (nSPS) is 13.0. The fourth-order valence-corrected chi connectivity index (χ4v) is 6.26. The minimum atomic E-state index is -0.498. The van der Waals surface area contributed by atoms with Gasteiger partial charge in [-0.05, 0) is 61.9 Å². The van der Waals surface area contributed by atoms with E-state index >= 15 is 0 Å². The summed E-state index contributed by atoms with van der Waals surface area (Å²) >= 11 is 8.57. The molecule has 0 saturated heterocycles. The highest BCUT2D eigenvalue weighted by molar-refractivity contribution is 7.21. The van der Waals surface area contributed by atoms with E-state index in [4.69, 9.17) is 27.1 Å². The van der Waals surface area contributed by atoms with Crippen LogP contribution in [0, 0.1) is 0 Å². The summed E-state index contributed by atoms with van der Waals surface area (Å²) in [5.74, 6) is -0.865. The molecular weight excluding hydrogens is 490 g/mol. The first kappa shape index (κ1) is 22.8. The molecule has 3 N–H and O–H groups in total. The lowest BCUT2D eigenvalue weighted by atomic mass is 9.95.